The monoisotopic (exact) mass is 479 g/mol. The van der Waals surface area contributed by atoms with Crippen molar-refractivity contribution >= 4 is 41.4 Å². The molecule has 5 nitrogen and oxygen atoms in total. The van der Waals surface area contributed by atoms with Gasteiger partial charge in [0.05, 0.1) is 6.54 Å². The summed E-state index contributed by atoms with van der Waals surface area (Å²) >= 11 is 0. The number of anilines is 2. The summed E-state index contributed by atoms with van der Waals surface area (Å²) in [6.45, 7) is 9.18. The number of aromatic nitrogens is 1. The molecular weight excluding hydrogens is 449 g/mol. The van der Waals surface area contributed by atoms with Crippen LogP contribution in [0.1, 0.15) is 36.5 Å². The molecule has 6 heteroatoms. The third-order valence-corrected chi connectivity index (χ3v) is 4.84. The van der Waals surface area contributed by atoms with Crippen molar-refractivity contribution in [1.82, 2.24) is 4.98 Å². The summed E-state index contributed by atoms with van der Waals surface area (Å²) in [6, 6.07) is 10.4. The number of halogens is 1. The van der Waals surface area contributed by atoms with Crippen molar-refractivity contribution in [3.05, 3.63) is 53.2 Å². The van der Waals surface area contributed by atoms with Crippen LogP contribution in [0, 0.1) is 19.8 Å². The second-order valence-electron chi connectivity index (χ2n) is 7.40. The maximum atomic E-state index is 6.02. The van der Waals surface area contributed by atoms with Crippen molar-refractivity contribution in [3.63, 3.8) is 0 Å². The number of aryl methyl sites for hydroxylation is 2. The molecule has 0 aliphatic carbocycles. The molecule has 1 aliphatic heterocycles. The van der Waals surface area contributed by atoms with Gasteiger partial charge in [0.1, 0.15) is 5.82 Å². The average Bonchev–Trinajstić information content (AvgIpc) is 2.60. The predicted octanol–water partition coefficient (Wildman–Crippen LogP) is 4.48. The molecule has 27 heavy (non-hydrogen) atoms. The number of nitrogens with two attached hydrogens (primary N) is 1. The fraction of sp³-hybridized carbons (Fsp3) is 0.429. The molecule has 1 aliphatic rings. The summed E-state index contributed by atoms with van der Waals surface area (Å²) in [6.07, 6.45) is 4.39. The lowest BCUT2D eigenvalue weighted by molar-refractivity contribution is 0.436. The molecule has 1 aromatic carbocycles. The van der Waals surface area contributed by atoms with E-state index in [1.807, 2.05) is 6.20 Å². The smallest absolute Gasteiger partial charge is 0.193 e. The predicted molar refractivity (Wildman–Crippen MR) is 125 cm³/mol. The fourth-order valence-electron chi connectivity index (χ4n) is 3.35. The van der Waals surface area contributed by atoms with E-state index in [9.17, 15) is 0 Å². The van der Waals surface area contributed by atoms with Gasteiger partial charge < -0.3 is 16.0 Å². The van der Waals surface area contributed by atoms with Gasteiger partial charge in [-0.1, -0.05) is 19.1 Å². The molecule has 1 saturated heterocycles. The van der Waals surface area contributed by atoms with Crippen LogP contribution in [0.15, 0.2) is 41.5 Å². The van der Waals surface area contributed by atoms with E-state index in [0.717, 1.165) is 36.1 Å². The number of benzene rings is 1. The van der Waals surface area contributed by atoms with Crippen molar-refractivity contribution in [3.8, 4) is 0 Å². The number of guanidine groups is 1. The second kappa shape index (κ2) is 9.92. The van der Waals surface area contributed by atoms with E-state index in [0.29, 0.717) is 12.5 Å². The molecule has 1 aromatic heterocycles. The zero-order valence-electron chi connectivity index (χ0n) is 16.4. The van der Waals surface area contributed by atoms with Crippen molar-refractivity contribution in [2.45, 2.75) is 40.2 Å². The van der Waals surface area contributed by atoms with Crippen LogP contribution in [0.3, 0.4) is 0 Å². The molecule has 2 heterocycles. The average molecular weight is 479 g/mol. The largest absolute Gasteiger partial charge is 0.370 e. The minimum absolute atomic E-state index is 0. The molecule has 0 spiro atoms. The van der Waals surface area contributed by atoms with Crippen LogP contribution in [0.2, 0.25) is 0 Å². The Hall–Kier alpha value is -1.83. The molecule has 3 rings (SSSR count). The molecule has 0 bridgehead atoms. The van der Waals surface area contributed by atoms with Crippen molar-refractivity contribution in [1.29, 1.82) is 0 Å². The Labute approximate surface area is 179 Å². The third-order valence-electron chi connectivity index (χ3n) is 4.84. The quantitative estimate of drug-likeness (QED) is 0.386. The van der Waals surface area contributed by atoms with Gasteiger partial charge in [-0.3, -0.25) is 0 Å². The number of nitrogens with zero attached hydrogens (tertiary/aromatic N) is 3. The van der Waals surface area contributed by atoms with Crippen LogP contribution in [0.4, 0.5) is 11.5 Å². The van der Waals surface area contributed by atoms with Gasteiger partial charge in [-0.25, -0.2) is 9.98 Å². The maximum absolute atomic E-state index is 6.02. The summed E-state index contributed by atoms with van der Waals surface area (Å²) < 4.78 is 0. The highest BCUT2D eigenvalue weighted by Crippen LogP contribution is 2.21. The molecule has 0 amide bonds. The van der Waals surface area contributed by atoms with Gasteiger partial charge in [0.2, 0.25) is 0 Å². The number of hydrogen-bond donors (Lipinski definition) is 2. The molecule has 3 N–H and O–H groups in total. The van der Waals surface area contributed by atoms with Crippen molar-refractivity contribution in [2.75, 3.05) is 23.3 Å². The standard InChI is InChI=1S/C21H29N5.HI/c1-15-6-8-26(9-7-15)20-5-4-18(13-23-20)14-24-21(22)25-19-11-16(2)10-17(3)12-19;/h4-5,10-13,15H,6-9,14H2,1-3H3,(H3,22,24,25);1H. The Kier molecular flexibility index (Phi) is 7.89. The molecule has 0 atom stereocenters. The van der Waals surface area contributed by atoms with E-state index in [-0.39, 0.29) is 24.0 Å². The van der Waals surface area contributed by atoms with E-state index in [1.165, 1.54) is 24.0 Å². The summed E-state index contributed by atoms with van der Waals surface area (Å²) in [5.74, 6) is 2.31. The SMILES string of the molecule is Cc1cc(C)cc(NC(N)=NCc2ccc(N3CCC(C)CC3)nc2)c1.I. The Bertz CT molecular complexity index is 744. The van der Waals surface area contributed by atoms with Gasteiger partial charge in [-0.05, 0) is 67.5 Å². The third kappa shape index (κ3) is 6.37. The molecular formula is C21H30IN5. The molecule has 2 aromatic rings. The van der Waals surface area contributed by atoms with Gasteiger partial charge in [0.15, 0.2) is 5.96 Å². The molecule has 0 unspecified atom stereocenters. The van der Waals surface area contributed by atoms with E-state index in [2.05, 4.69) is 71.3 Å². The molecule has 0 saturated carbocycles. The van der Waals surface area contributed by atoms with Crippen LogP contribution in [0.25, 0.3) is 0 Å². The number of pyridine rings is 1. The first-order chi connectivity index (χ1) is 12.5. The number of hydrogen-bond acceptors (Lipinski definition) is 3. The minimum atomic E-state index is 0. The van der Waals surface area contributed by atoms with Crippen LogP contribution >= 0.6 is 24.0 Å². The first-order valence-corrected chi connectivity index (χ1v) is 9.35. The van der Waals surface area contributed by atoms with Gasteiger partial charge in [-0.15, -0.1) is 24.0 Å². The van der Waals surface area contributed by atoms with E-state index < -0.39 is 0 Å². The van der Waals surface area contributed by atoms with E-state index in [4.69, 9.17) is 5.73 Å². The Balaban J connectivity index is 0.00000261. The summed E-state index contributed by atoms with van der Waals surface area (Å²) in [4.78, 5) is 11.4. The Morgan fingerprint density at radius 2 is 1.85 bits per heavy atom. The van der Waals surface area contributed by atoms with Gasteiger partial charge in [-0.2, -0.15) is 0 Å². The molecule has 0 radical (unpaired) electrons. The lowest BCUT2D eigenvalue weighted by atomic mass is 9.99. The van der Waals surface area contributed by atoms with E-state index >= 15 is 0 Å². The molecule has 146 valence electrons. The summed E-state index contributed by atoms with van der Waals surface area (Å²) in [7, 11) is 0. The Morgan fingerprint density at radius 3 is 2.44 bits per heavy atom. The summed E-state index contributed by atoms with van der Waals surface area (Å²) in [5, 5.41) is 3.16. The van der Waals surface area contributed by atoms with Gasteiger partial charge in [0, 0.05) is 25.0 Å². The number of nitrogens with one attached hydrogen (secondary N) is 1. The number of aliphatic imine (C=N–C) groups is 1. The minimum Gasteiger partial charge on any atom is -0.370 e. The first-order valence-electron chi connectivity index (χ1n) is 9.35. The zero-order chi connectivity index (χ0) is 18.5. The first kappa shape index (κ1) is 21.5. The lowest BCUT2D eigenvalue weighted by Gasteiger charge is -2.31. The van der Waals surface area contributed by atoms with Crippen LogP contribution < -0.4 is 16.0 Å². The van der Waals surface area contributed by atoms with Gasteiger partial charge >= 0.3 is 0 Å². The second-order valence-corrected chi connectivity index (χ2v) is 7.40. The maximum Gasteiger partial charge on any atom is 0.193 e. The highest BCUT2D eigenvalue weighted by molar-refractivity contribution is 14.0. The molecule has 1 fully saturated rings. The van der Waals surface area contributed by atoms with Crippen LogP contribution in [-0.4, -0.2) is 24.0 Å². The van der Waals surface area contributed by atoms with Crippen molar-refractivity contribution in [2.24, 2.45) is 16.6 Å². The number of piperidine rings is 1. The highest BCUT2D eigenvalue weighted by atomic mass is 127. The van der Waals surface area contributed by atoms with Gasteiger partial charge in [0.25, 0.3) is 0 Å². The fourth-order valence-corrected chi connectivity index (χ4v) is 3.35. The Morgan fingerprint density at radius 1 is 1.19 bits per heavy atom. The lowest BCUT2D eigenvalue weighted by Crippen LogP contribution is -2.33. The zero-order valence-corrected chi connectivity index (χ0v) is 18.7. The van der Waals surface area contributed by atoms with Crippen LogP contribution in [0.5, 0.6) is 0 Å². The highest BCUT2D eigenvalue weighted by Gasteiger charge is 2.16. The van der Waals surface area contributed by atoms with E-state index in [1.54, 1.807) is 0 Å². The summed E-state index contributed by atoms with van der Waals surface area (Å²) in [5.41, 5.74) is 10.5. The number of rotatable bonds is 4. The van der Waals surface area contributed by atoms with Crippen LogP contribution in [-0.2, 0) is 6.54 Å². The normalized spacial score (nSPS) is 15.4. The topological polar surface area (TPSA) is 66.5 Å². The van der Waals surface area contributed by atoms with Crippen molar-refractivity contribution < 1.29 is 0 Å².